The fourth-order valence-corrected chi connectivity index (χ4v) is 20.9. The van der Waals surface area contributed by atoms with Crippen LogP contribution in [0.15, 0.2) is 303 Å². The van der Waals surface area contributed by atoms with Crippen LogP contribution >= 0.6 is 0 Å². The van der Waals surface area contributed by atoms with Crippen LogP contribution < -0.4 is 0 Å². The van der Waals surface area contributed by atoms with Crippen molar-refractivity contribution in [1.29, 1.82) is 0 Å². The molecule has 4 aliphatic carbocycles. The Kier molecular flexibility index (Phi) is 9.64. The molecule has 440 valence electrons. The minimum absolute atomic E-state index is 0.0709. The average molecular weight is 1200 g/mol. The second kappa shape index (κ2) is 18.0. The highest BCUT2D eigenvalue weighted by Gasteiger charge is 2.54. The highest BCUT2D eigenvalue weighted by atomic mass is 15.0. The van der Waals surface area contributed by atoms with E-state index in [2.05, 4.69) is 312 Å². The van der Waals surface area contributed by atoms with E-state index in [1.54, 1.807) is 0 Å². The third-order valence-corrected chi connectivity index (χ3v) is 24.1. The fraction of sp³-hybridized carbons (Fsp3) is 0.0753. The van der Waals surface area contributed by atoms with Crippen LogP contribution in [0.2, 0.25) is 0 Å². The predicted molar refractivity (Wildman–Crippen MR) is 393 cm³/mol. The van der Waals surface area contributed by atoms with Crippen molar-refractivity contribution in [3.05, 3.63) is 359 Å². The van der Waals surface area contributed by atoms with Crippen molar-refractivity contribution in [2.24, 2.45) is 0 Å². The molecule has 1 fully saturated rings. The number of rotatable bonds is 3. The van der Waals surface area contributed by atoms with Gasteiger partial charge in [-0.05, 0) is 187 Å². The monoisotopic (exact) mass is 1200 g/mol. The summed E-state index contributed by atoms with van der Waals surface area (Å²) < 4.78 is 5.12. The molecule has 2 atom stereocenters. The molecule has 0 radical (unpaired) electrons. The van der Waals surface area contributed by atoms with Gasteiger partial charge in [0.05, 0.1) is 44.3 Å². The molecule has 2 heteroatoms. The van der Waals surface area contributed by atoms with Crippen LogP contribution in [-0.4, -0.2) is 9.13 Å². The molecule has 95 heavy (non-hydrogen) atoms. The Bertz CT molecular complexity index is 6050. The lowest BCUT2D eigenvalue weighted by Gasteiger charge is -2.39. The van der Waals surface area contributed by atoms with Gasteiger partial charge in [-0.25, -0.2) is 0 Å². The Morgan fingerprint density at radius 1 is 0.221 bits per heavy atom. The summed E-state index contributed by atoms with van der Waals surface area (Å²) in [6.07, 6.45) is 4.74. The van der Waals surface area contributed by atoms with E-state index in [0.29, 0.717) is 0 Å². The van der Waals surface area contributed by atoms with Crippen molar-refractivity contribution in [3.8, 4) is 78.1 Å². The Morgan fingerprint density at radius 3 is 1.13 bits per heavy atom. The number of fused-ring (bicyclic) bond motifs is 31. The number of hydrogen-bond acceptors (Lipinski definition) is 0. The van der Waals surface area contributed by atoms with Crippen LogP contribution in [0.3, 0.4) is 0 Å². The quantitative estimate of drug-likeness (QED) is 0.156. The van der Waals surface area contributed by atoms with Gasteiger partial charge >= 0.3 is 0 Å². The molecule has 15 aromatic carbocycles. The Hall–Kier alpha value is -11.6. The van der Waals surface area contributed by atoms with E-state index in [9.17, 15) is 0 Å². The average Bonchev–Trinajstić information content (AvgIpc) is 1.53. The Labute approximate surface area is 549 Å². The largest absolute Gasteiger partial charge is 0.309 e. The van der Waals surface area contributed by atoms with Crippen molar-refractivity contribution in [1.82, 2.24) is 9.13 Å². The molecule has 3 spiro atoms. The van der Waals surface area contributed by atoms with Gasteiger partial charge in [-0.2, -0.15) is 0 Å². The van der Waals surface area contributed by atoms with E-state index in [1.165, 1.54) is 212 Å². The SMILES string of the molecule is c1ccc2c(c1)-c1cccc(-c3c4cccc(-c5cccc6c5-c5ccccc5C65c6ccccc6-n6c7ccccc7c7cccc5c76)c4cc4c(-c5cccc6c5-c5ccccc5C65c6ccccc6-n6c7ccccc7c7cccc5c76)cccc34)c1C21CCCC1. The van der Waals surface area contributed by atoms with Gasteiger partial charge in [0.1, 0.15) is 0 Å². The van der Waals surface area contributed by atoms with Crippen LogP contribution in [0.25, 0.3) is 143 Å². The van der Waals surface area contributed by atoms with Crippen molar-refractivity contribution < 1.29 is 0 Å². The lowest BCUT2D eigenvalue weighted by atomic mass is 9.65. The second-order valence-electron chi connectivity index (χ2n) is 27.8. The molecule has 4 heterocycles. The van der Waals surface area contributed by atoms with E-state index in [0.717, 1.165) is 12.8 Å². The van der Waals surface area contributed by atoms with E-state index in [1.807, 2.05) is 0 Å². The standard InChI is InChI=1S/C93H58N2/c1-6-39-72-57(24-1)64-35-19-38-69(88(64)91(72)52-15-16-53-91)85-62-31-17-29-55(60-33-20-44-77-86(60)67-27-2-7-40-73(67)92(77)75-42-9-13-50-83(75)94-81-48-11-4-25-58(81)65-36-22-46-79(92)89(65)94)70(62)54-71-56(30-18-32-63(71)85)61-34-21-45-78-87(61)68-28-3-8-41-74(68)93(78)76-43-10-14-51-84(76)95-82-49-12-5-26-59(82)66-37-23-47-80(93)90(66)95/h1-14,17-51,54H,15-16,52-53H2. The Balaban J connectivity index is 0.834. The van der Waals surface area contributed by atoms with Crippen LogP contribution in [0.4, 0.5) is 0 Å². The third kappa shape index (κ3) is 5.91. The zero-order valence-corrected chi connectivity index (χ0v) is 52.1. The van der Waals surface area contributed by atoms with Crippen molar-refractivity contribution in [3.63, 3.8) is 0 Å². The summed E-state index contributed by atoms with van der Waals surface area (Å²) >= 11 is 0. The first-order valence-electron chi connectivity index (χ1n) is 34.1. The van der Waals surface area contributed by atoms with Gasteiger partial charge in [-0.15, -0.1) is 0 Å². The highest BCUT2D eigenvalue weighted by molar-refractivity contribution is 6.22. The topological polar surface area (TPSA) is 9.86 Å². The molecule has 0 N–H and O–H groups in total. The third-order valence-electron chi connectivity index (χ3n) is 24.1. The molecule has 0 saturated heterocycles. The summed E-state index contributed by atoms with van der Waals surface area (Å²) in [7, 11) is 0. The summed E-state index contributed by atoms with van der Waals surface area (Å²) in [5.74, 6) is 0. The maximum Gasteiger partial charge on any atom is 0.0754 e. The molecular weight excluding hydrogens is 1150 g/mol. The first-order valence-corrected chi connectivity index (χ1v) is 34.1. The number of nitrogens with zero attached hydrogens (tertiary/aromatic N) is 2. The summed E-state index contributed by atoms with van der Waals surface area (Å²) in [6.45, 7) is 0. The molecule has 23 rings (SSSR count). The summed E-state index contributed by atoms with van der Waals surface area (Å²) in [4.78, 5) is 0. The molecule has 2 aromatic heterocycles. The molecule has 6 aliphatic rings. The molecule has 0 bridgehead atoms. The van der Waals surface area contributed by atoms with Gasteiger partial charge in [0.15, 0.2) is 0 Å². The lowest BCUT2D eigenvalue weighted by molar-refractivity contribution is 0.551. The summed E-state index contributed by atoms with van der Waals surface area (Å²) in [5, 5.41) is 10.2. The number of benzene rings is 15. The van der Waals surface area contributed by atoms with Gasteiger partial charge in [0.25, 0.3) is 0 Å². The van der Waals surface area contributed by atoms with E-state index in [4.69, 9.17) is 0 Å². The maximum atomic E-state index is 2.62. The number of hydrogen-bond donors (Lipinski definition) is 0. The van der Waals surface area contributed by atoms with Crippen LogP contribution in [0.5, 0.6) is 0 Å². The molecule has 2 nitrogen and oxygen atoms in total. The molecule has 0 amide bonds. The minimum Gasteiger partial charge on any atom is -0.309 e. The fourth-order valence-electron chi connectivity index (χ4n) is 20.9. The molecule has 2 unspecified atom stereocenters. The van der Waals surface area contributed by atoms with Crippen molar-refractivity contribution >= 4 is 65.2 Å². The zero-order valence-electron chi connectivity index (χ0n) is 52.1. The van der Waals surface area contributed by atoms with Crippen molar-refractivity contribution in [2.75, 3.05) is 0 Å². The highest BCUT2D eigenvalue weighted by Crippen LogP contribution is 2.67. The molecular formula is C93H58N2. The van der Waals surface area contributed by atoms with Gasteiger partial charge in [-0.1, -0.05) is 286 Å². The van der Waals surface area contributed by atoms with Gasteiger partial charge in [-0.3, -0.25) is 0 Å². The number of para-hydroxylation sites is 6. The molecule has 1 saturated carbocycles. The maximum absolute atomic E-state index is 2.62. The van der Waals surface area contributed by atoms with Crippen LogP contribution in [0, 0.1) is 0 Å². The van der Waals surface area contributed by atoms with Gasteiger partial charge in [0, 0.05) is 27.0 Å². The normalized spacial score (nSPS) is 17.5. The zero-order chi connectivity index (χ0) is 61.6. The second-order valence-corrected chi connectivity index (χ2v) is 27.8. The number of aromatic nitrogens is 2. The molecule has 2 aliphatic heterocycles. The van der Waals surface area contributed by atoms with E-state index in [-0.39, 0.29) is 5.41 Å². The van der Waals surface area contributed by atoms with Crippen LogP contribution in [-0.2, 0) is 16.2 Å². The van der Waals surface area contributed by atoms with E-state index >= 15 is 0 Å². The Morgan fingerprint density at radius 2 is 0.579 bits per heavy atom. The predicted octanol–water partition coefficient (Wildman–Crippen LogP) is 23.4. The first-order chi connectivity index (χ1) is 47.2. The smallest absolute Gasteiger partial charge is 0.0754 e. The van der Waals surface area contributed by atoms with E-state index < -0.39 is 10.8 Å². The lowest BCUT2D eigenvalue weighted by Crippen LogP contribution is -2.33. The minimum atomic E-state index is -0.588. The van der Waals surface area contributed by atoms with Crippen molar-refractivity contribution in [2.45, 2.75) is 41.9 Å². The summed E-state index contributed by atoms with van der Waals surface area (Å²) in [5.41, 5.74) is 35.7. The van der Waals surface area contributed by atoms with Crippen LogP contribution in [0.1, 0.15) is 81.3 Å². The summed E-state index contributed by atoms with van der Waals surface area (Å²) in [6, 6.07) is 118. The molecule has 17 aromatic rings. The van der Waals surface area contributed by atoms with Gasteiger partial charge < -0.3 is 9.13 Å². The van der Waals surface area contributed by atoms with Gasteiger partial charge in [0.2, 0.25) is 0 Å². The first kappa shape index (κ1) is 51.0.